The lowest BCUT2D eigenvalue weighted by molar-refractivity contribution is 0.0977. The molecule has 0 aliphatic rings. The van der Waals surface area contributed by atoms with E-state index in [0.717, 1.165) is 10.0 Å². The molecule has 0 heterocycles. The maximum atomic E-state index is 12.4. The molecule has 0 bridgehead atoms. The maximum absolute atomic E-state index is 12.4. The molecule has 0 radical (unpaired) electrons. The molecule has 0 saturated carbocycles. The average Bonchev–Trinajstić information content (AvgIpc) is 2.74. The Hall–Kier alpha value is -2.59. The molecular formula is C21H18BrN3O3S2. The van der Waals surface area contributed by atoms with Crippen molar-refractivity contribution >= 4 is 54.9 Å². The Kier molecular flexibility index (Phi) is 7.33. The van der Waals surface area contributed by atoms with Crippen molar-refractivity contribution < 1.29 is 13.2 Å². The van der Waals surface area contributed by atoms with Gasteiger partial charge in [0.25, 0.3) is 5.91 Å². The number of benzene rings is 3. The minimum absolute atomic E-state index is 0.112. The molecule has 6 nitrogen and oxygen atoms in total. The molecule has 9 heteroatoms. The first-order valence-corrected chi connectivity index (χ1v) is 11.5. The maximum Gasteiger partial charge on any atom is 0.257 e. The van der Waals surface area contributed by atoms with Gasteiger partial charge in [-0.25, -0.2) is 13.1 Å². The molecule has 30 heavy (non-hydrogen) atoms. The monoisotopic (exact) mass is 503 g/mol. The highest BCUT2D eigenvalue weighted by atomic mass is 79.9. The summed E-state index contributed by atoms with van der Waals surface area (Å²) in [5, 5.41) is 5.56. The Morgan fingerprint density at radius 2 is 1.53 bits per heavy atom. The Bertz CT molecular complexity index is 1130. The number of hydrogen-bond donors (Lipinski definition) is 3. The van der Waals surface area contributed by atoms with Gasteiger partial charge in [-0.05, 0) is 66.3 Å². The van der Waals surface area contributed by atoms with Crippen molar-refractivity contribution in [3.63, 3.8) is 0 Å². The van der Waals surface area contributed by atoms with E-state index < -0.39 is 10.0 Å². The standard InChI is InChI=1S/C21H18BrN3O3S2/c22-17-8-6-16(7-9-17)20(26)25-21(29)24-18-10-12-19(13-11-18)30(27,28)23-14-15-4-2-1-3-5-15/h1-13,23H,14H2,(H2,24,25,26,29). The van der Waals surface area contributed by atoms with Gasteiger partial charge in [0, 0.05) is 22.3 Å². The fourth-order valence-electron chi connectivity index (χ4n) is 2.51. The van der Waals surface area contributed by atoms with E-state index in [1.807, 2.05) is 30.3 Å². The molecule has 0 saturated heterocycles. The molecule has 0 spiro atoms. The highest BCUT2D eigenvalue weighted by molar-refractivity contribution is 9.10. The molecule has 3 aromatic carbocycles. The first-order valence-electron chi connectivity index (χ1n) is 8.85. The zero-order valence-corrected chi connectivity index (χ0v) is 18.9. The van der Waals surface area contributed by atoms with Crippen molar-refractivity contribution in [2.45, 2.75) is 11.4 Å². The van der Waals surface area contributed by atoms with Crippen LogP contribution in [0.1, 0.15) is 15.9 Å². The van der Waals surface area contributed by atoms with Crippen molar-refractivity contribution in [2.24, 2.45) is 0 Å². The Morgan fingerprint density at radius 1 is 0.900 bits per heavy atom. The smallest absolute Gasteiger partial charge is 0.257 e. The van der Waals surface area contributed by atoms with E-state index in [9.17, 15) is 13.2 Å². The molecule has 0 unspecified atom stereocenters. The second-order valence-electron chi connectivity index (χ2n) is 6.25. The quantitative estimate of drug-likeness (QED) is 0.441. The van der Waals surface area contributed by atoms with E-state index in [1.165, 1.54) is 12.1 Å². The van der Waals surface area contributed by atoms with Crippen molar-refractivity contribution in [3.8, 4) is 0 Å². The minimum atomic E-state index is -3.65. The zero-order valence-electron chi connectivity index (χ0n) is 15.6. The van der Waals surface area contributed by atoms with E-state index in [1.54, 1.807) is 36.4 Å². The first-order chi connectivity index (χ1) is 14.3. The molecule has 3 N–H and O–H groups in total. The van der Waals surface area contributed by atoms with E-state index >= 15 is 0 Å². The molecule has 0 atom stereocenters. The van der Waals surface area contributed by atoms with Gasteiger partial charge in [-0.3, -0.25) is 10.1 Å². The molecular weight excluding hydrogens is 486 g/mol. The second kappa shape index (κ2) is 9.94. The highest BCUT2D eigenvalue weighted by Crippen LogP contribution is 2.15. The van der Waals surface area contributed by atoms with Crippen molar-refractivity contribution in [1.82, 2.24) is 10.0 Å². The lowest BCUT2D eigenvalue weighted by Crippen LogP contribution is -2.34. The minimum Gasteiger partial charge on any atom is -0.332 e. The second-order valence-corrected chi connectivity index (χ2v) is 9.34. The van der Waals surface area contributed by atoms with E-state index in [-0.39, 0.29) is 22.5 Å². The Balaban J connectivity index is 1.57. The average molecular weight is 504 g/mol. The highest BCUT2D eigenvalue weighted by Gasteiger charge is 2.14. The van der Waals surface area contributed by atoms with Gasteiger partial charge in [0.05, 0.1) is 4.90 Å². The first kappa shape index (κ1) is 22.1. The zero-order chi connectivity index (χ0) is 21.6. The summed E-state index contributed by atoms with van der Waals surface area (Å²) < 4.78 is 28.3. The number of anilines is 1. The lowest BCUT2D eigenvalue weighted by atomic mass is 10.2. The Morgan fingerprint density at radius 3 is 2.17 bits per heavy atom. The number of halogens is 1. The van der Waals surface area contributed by atoms with Crippen LogP contribution in [0.5, 0.6) is 0 Å². The van der Waals surface area contributed by atoms with Crippen LogP contribution in [0.15, 0.2) is 88.2 Å². The fraction of sp³-hybridized carbons (Fsp3) is 0.0476. The summed E-state index contributed by atoms with van der Waals surface area (Å²) in [4.78, 5) is 12.3. The molecule has 1 amide bonds. The fourth-order valence-corrected chi connectivity index (χ4v) is 4.01. The number of thiocarbonyl (C=S) groups is 1. The summed E-state index contributed by atoms with van der Waals surface area (Å²) >= 11 is 8.47. The predicted octanol–water partition coefficient (Wildman–Crippen LogP) is 4.05. The summed E-state index contributed by atoms with van der Waals surface area (Å²) in [6.07, 6.45) is 0. The molecule has 0 fully saturated rings. The van der Waals surface area contributed by atoms with Crippen LogP contribution in [-0.4, -0.2) is 19.4 Å². The summed E-state index contributed by atoms with van der Waals surface area (Å²) in [6, 6.07) is 22.2. The van der Waals surface area contributed by atoms with Gasteiger partial charge in [-0.15, -0.1) is 0 Å². The molecule has 3 aromatic rings. The van der Waals surface area contributed by atoms with Gasteiger partial charge in [0.15, 0.2) is 5.11 Å². The topological polar surface area (TPSA) is 87.3 Å². The number of sulfonamides is 1. The van der Waals surface area contributed by atoms with Crippen molar-refractivity contribution in [2.75, 3.05) is 5.32 Å². The van der Waals surface area contributed by atoms with Crippen LogP contribution in [0.3, 0.4) is 0 Å². The molecule has 3 rings (SSSR count). The van der Waals surface area contributed by atoms with Gasteiger partial charge in [0.2, 0.25) is 10.0 Å². The van der Waals surface area contributed by atoms with Gasteiger partial charge in [0.1, 0.15) is 0 Å². The van der Waals surface area contributed by atoms with Crippen LogP contribution in [0.4, 0.5) is 5.69 Å². The number of hydrogen-bond acceptors (Lipinski definition) is 4. The number of carbonyl (C=O) groups excluding carboxylic acids is 1. The summed E-state index contributed by atoms with van der Waals surface area (Å²) in [6.45, 7) is 0.204. The van der Waals surface area contributed by atoms with Crippen LogP contribution in [0, 0.1) is 0 Å². The summed E-state index contributed by atoms with van der Waals surface area (Å²) in [5.74, 6) is -0.343. The third-order valence-electron chi connectivity index (χ3n) is 4.07. The largest absolute Gasteiger partial charge is 0.332 e. The number of nitrogens with one attached hydrogen (secondary N) is 3. The van der Waals surface area contributed by atoms with Crippen LogP contribution in [0.25, 0.3) is 0 Å². The molecule has 154 valence electrons. The third kappa shape index (κ3) is 6.20. The summed E-state index contributed by atoms with van der Waals surface area (Å²) in [7, 11) is -3.65. The predicted molar refractivity (Wildman–Crippen MR) is 125 cm³/mol. The number of amides is 1. The van der Waals surface area contributed by atoms with Gasteiger partial charge < -0.3 is 5.32 Å². The third-order valence-corrected chi connectivity index (χ3v) is 6.22. The summed E-state index contributed by atoms with van der Waals surface area (Å²) in [5.41, 5.74) is 1.89. The van der Waals surface area contributed by atoms with Crippen LogP contribution >= 0.6 is 28.1 Å². The molecule has 0 aliphatic carbocycles. The normalized spacial score (nSPS) is 11.0. The van der Waals surface area contributed by atoms with Gasteiger partial charge in [-0.2, -0.15) is 0 Å². The van der Waals surface area contributed by atoms with Crippen LogP contribution in [-0.2, 0) is 16.6 Å². The van der Waals surface area contributed by atoms with E-state index in [0.29, 0.717) is 11.3 Å². The van der Waals surface area contributed by atoms with Crippen LogP contribution < -0.4 is 15.4 Å². The Labute approximate surface area is 188 Å². The SMILES string of the molecule is O=C(NC(=S)Nc1ccc(S(=O)(=O)NCc2ccccc2)cc1)c1ccc(Br)cc1. The van der Waals surface area contributed by atoms with E-state index in [2.05, 4.69) is 31.3 Å². The molecule has 0 aromatic heterocycles. The number of carbonyl (C=O) groups is 1. The van der Waals surface area contributed by atoms with Gasteiger partial charge in [-0.1, -0.05) is 46.3 Å². The van der Waals surface area contributed by atoms with Crippen molar-refractivity contribution in [3.05, 3.63) is 94.5 Å². The van der Waals surface area contributed by atoms with Crippen molar-refractivity contribution in [1.29, 1.82) is 0 Å². The van der Waals surface area contributed by atoms with E-state index in [4.69, 9.17) is 12.2 Å². The lowest BCUT2D eigenvalue weighted by Gasteiger charge is -2.11. The number of rotatable bonds is 6. The van der Waals surface area contributed by atoms with Crippen LogP contribution in [0.2, 0.25) is 0 Å². The molecule has 0 aliphatic heterocycles. The van der Waals surface area contributed by atoms with Gasteiger partial charge >= 0.3 is 0 Å².